The Kier molecular flexibility index (Phi) is 4.20. The maximum absolute atomic E-state index is 12.4. The van der Waals surface area contributed by atoms with Gasteiger partial charge in [-0.2, -0.15) is 0 Å². The number of benzene rings is 2. The van der Waals surface area contributed by atoms with Gasteiger partial charge in [0.05, 0.1) is 6.54 Å². The summed E-state index contributed by atoms with van der Waals surface area (Å²) < 4.78 is 10.6. The fourth-order valence-electron chi connectivity index (χ4n) is 2.75. The Bertz CT molecular complexity index is 783. The van der Waals surface area contributed by atoms with Crippen LogP contribution in [0, 0.1) is 13.8 Å². The SMILES string of the molecule is Cc1ccc(C(=O)NCC(C)(O)c2ccc3c(c2)OCO3)c(C)c1. The monoisotopic (exact) mass is 327 g/mol. The van der Waals surface area contributed by atoms with Gasteiger partial charge in [0.2, 0.25) is 6.79 Å². The van der Waals surface area contributed by atoms with Crippen molar-refractivity contribution in [2.45, 2.75) is 26.4 Å². The van der Waals surface area contributed by atoms with Crippen LogP contribution in [0.1, 0.15) is 34.0 Å². The first-order valence-corrected chi connectivity index (χ1v) is 7.85. The summed E-state index contributed by atoms with van der Waals surface area (Å²) in [5.41, 5.74) is 2.08. The molecule has 0 saturated heterocycles. The summed E-state index contributed by atoms with van der Waals surface area (Å²) in [6.45, 7) is 5.83. The van der Waals surface area contributed by atoms with Crippen LogP contribution < -0.4 is 14.8 Å². The Morgan fingerprint density at radius 1 is 1.17 bits per heavy atom. The zero-order valence-electron chi connectivity index (χ0n) is 14.1. The molecule has 0 aliphatic carbocycles. The van der Waals surface area contributed by atoms with Gasteiger partial charge in [0.25, 0.3) is 5.91 Å². The Morgan fingerprint density at radius 2 is 1.92 bits per heavy atom. The number of fused-ring (bicyclic) bond motifs is 1. The van der Waals surface area contributed by atoms with Crippen molar-refractivity contribution in [2.24, 2.45) is 0 Å². The van der Waals surface area contributed by atoms with E-state index in [-0.39, 0.29) is 19.2 Å². The van der Waals surface area contributed by atoms with Crippen molar-refractivity contribution in [3.05, 3.63) is 58.7 Å². The Balaban J connectivity index is 1.71. The first-order valence-electron chi connectivity index (χ1n) is 7.85. The summed E-state index contributed by atoms with van der Waals surface area (Å²) >= 11 is 0. The predicted octanol–water partition coefficient (Wildman–Crippen LogP) is 2.67. The summed E-state index contributed by atoms with van der Waals surface area (Å²) in [4.78, 5) is 12.4. The van der Waals surface area contributed by atoms with Gasteiger partial charge < -0.3 is 19.9 Å². The number of hydrogen-bond acceptors (Lipinski definition) is 4. The quantitative estimate of drug-likeness (QED) is 0.906. The highest BCUT2D eigenvalue weighted by Crippen LogP contribution is 2.35. The number of amides is 1. The molecule has 1 atom stereocenters. The molecule has 2 aromatic carbocycles. The van der Waals surface area contributed by atoms with Gasteiger partial charge in [-0.15, -0.1) is 0 Å². The van der Waals surface area contributed by atoms with E-state index in [2.05, 4.69) is 5.32 Å². The zero-order chi connectivity index (χ0) is 17.3. The Morgan fingerprint density at radius 3 is 2.67 bits per heavy atom. The Hall–Kier alpha value is -2.53. The standard InChI is InChI=1S/C19H21NO4/c1-12-4-6-15(13(2)8-12)18(21)20-10-19(3,22)14-5-7-16-17(9-14)24-11-23-16/h4-9,22H,10-11H2,1-3H3,(H,20,21). The molecule has 5 heteroatoms. The summed E-state index contributed by atoms with van der Waals surface area (Å²) in [6, 6.07) is 10.9. The van der Waals surface area contributed by atoms with Crippen LogP contribution >= 0.6 is 0 Å². The van der Waals surface area contributed by atoms with Crippen LogP contribution in [0.3, 0.4) is 0 Å². The smallest absolute Gasteiger partial charge is 0.251 e. The van der Waals surface area contributed by atoms with E-state index in [1.165, 1.54) is 0 Å². The topological polar surface area (TPSA) is 67.8 Å². The average molecular weight is 327 g/mol. The summed E-state index contributed by atoms with van der Waals surface area (Å²) in [5.74, 6) is 1.07. The molecule has 24 heavy (non-hydrogen) atoms. The van der Waals surface area contributed by atoms with Gasteiger partial charge in [-0.1, -0.05) is 23.8 Å². The first kappa shape index (κ1) is 16.3. The van der Waals surface area contributed by atoms with Crippen LogP contribution in [-0.4, -0.2) is 24.4 Å². The highest BCUT2D eigenvalue weighted by molar-refractivity contribution is 5.95. The van der Waals surface area contributed by atoms with E-state index in [0.29, 0.717) is 22.6 Å². The predicted molar refractivity (Wildman–Crippen MR) is 90.4 cm³/mol. The van der Waals surface area contributed by atoms with Gasteiger partial charge in [0, 0.05) is 5.56 Å². The van der Waals surface area contributed by atoms with Crippen molar-refractivity contribution in [3.8, 4) is 11.5 Å². The molecule has 126 valence electrons. The number of rotatable bonds is 4. The molecule has 3 rings (SSSR count). The van der Waals surface area contributed by atoms with Crippen molar-refractivity contribution in [2.75, 3.05) is 13.3 Å². The first-order chi connectivity index (χ1) is 11.4. The van der Waals surface area contributed by atoms with Crippen LogP contribution in [0.25, 0.3) is 0 Å². The molecule has 0 radical (unpaired) electrons. The highest BCUT2D eigenvalue weighted by Gasteiger charge is 2.27. The summed E-state index contributed by atoms with van der Waals surface area (Å²) in [7, 11) is 0. The van der Waals surface area contributed by atoms with Gasteiger partial charge in [-0.25, -0.2) is 0 Å². The molecule has 2 N–H and O–H groups in total. The lowest BCUT2D eigenvalue weighted by molar-refractivity contribution is 0.0524. The lowest BCUT2D eigenvalue weighted by Crippen LogP contribution is -2.38. The van der Waals surface area contributed by atoms with E-state index in [9.17, 15) is 9.90 Å². The lowest BCUT2D eigenvalue weighted by Gasteiger charge is -2.24. The third-order valence-electron chi connectivity index (χ3n) is 4.21. The van der Waals surface area contributed by atoms with Crippen LogP contribution in [0.4, 0.5) is 0 Å². The van der Waals surface area contributed by atoms with E-state index in [4.69, 9.17) is 9.47 Å². The number of carbonyl (C=O) groups is 1. The molecule has 0 aromatic heterocycles. The number of carbonyl (C=O) groups excluding carboxylic acids is 1. The molecule has 0 saturated carbocycles. The minimum absolute atomic E-state index is 0.0960. The molecule has 1 aliphatic heterocycles. The second-order valence-corrected chi connectivity index (χ2v) is 6.34. The minimum atomic E-state index is -1.21. The average Bonchev–Trinajstić information content (AvgIpc) is 3.00. The highest BCUT2D eigenvalue weighted by atomic mass is 16.7. The second-order valence-electron chi connectivity index (χ2n) is 6.34. The normalized spacial score (nSPS) is 15.0. The van der Waals surface area contributed by atoms with Gasteiger partial charge in [-0.05, 0) is 50.1 Å². The minimum Gasteiger partial charge on any atom is -0.454 e. The van der Waals surface area contributed by atoms with E-state index in [1.807, 2.05) is 26.0 Å². The third kappa shape index (κ3) is 3.21. The number of ether oxygens (including phenoxy) is 2. The van der Waals surface area contributed by atoms with Gasteiger partial charge in [0.1, 0.15) is 5.60 Å². The summed E-state index contributed by atoms with van der Waals surface area (Å²) in [6.07, 6.45) is 0. The molecule has 5 nitrogen and oxygen atoms in total. The molecule has 0 spiro atoms. The second kappa shape index (κ2) is 6.17. The fraction of sp³-hybridized carbons (Fsp3) is 0.316. The van der Waals surface area contributed by atoms with Crippen LogP contribution in [0.2, 0.25) is 0 Å². The maximum Gasteiger partial charge on any atom is 0.251 e. The number of aliphatic hydroxyl groups is 1. The van der Waals surface area contributed by atoms with E-state index in [0.717, 1.165) is 11.1 Å². The molecular weight excluding hydrogens is 306 g/mol. The van der Waals surface area contributed by atoms with Crippen LogP contribution in [0.15, 0.2) is 36.4 Å². The van der Waals surface area contributed by atoms with Gasteiger partial charge in [-0.3, -0.25) is 4.79 Å². The fourth-order valence-corrected chi connectivity index (χ4v) is 2.75. The van der Waals surface area contributed by atoms with E-state index in [1.54, 1.807) is 31.2 Å². The van der Waals surface area contributed by atoms with Crippen molar-refractivity contribution in [1.82, 2.24) is 5.32 Å². The van der Waals surface area contributed by atoms with Crippen molar-refractivity contribution < 1.29 is 19.4 Å². The van der Waals surface area contributed by atoms with Crippen LogP contribution in [0.5, 0.6) is 11.5 Å². The van der Waals surface area contributed by atoms with Gasteiger partial charge in [0.15, 0.2) is 11.5 Å². The molecule has 1 heterocycles. The molecule has 1 aliphatic rings. The number of aryl methyl sites for hydroxylation is 2. The van der Waals surface area contributed by atoms with Crippen molar-refractivity contribution in [1.29, 1.82) is 0 Å². The summed E-state index contributed by atoms with van der Waals surface area (Å²) in [5, 5.41) is 13.5. The number of hydrogen-bond donors (Lipinski definition) is 2. The van der Waals surface area contributed by atoms with Crippen LogP contribution in [-0.2, 0) is 5.60 Å². The third-order valence-corrected chi connectivity index (χ3v) is 4.21. The Labute approximate surface area is 141 Å². The van der Waals surface area contributed by atoms with Crippen molar-refractivity contribution >= 4 is 5.91 Å². The lowest BCUT2D eigenvalue weighted by atomic mass is 9.95. The molecule has 0 fully saturated rings. The van der Waals surface area contributed by atoms with Gasteiger partial charge >= 0.3 is 0 Å². The zero-order valence-corrected chi connectivity index (χ0v) is 14.1. The molecular formula is C19H21NO4. The van der Waals surface area contributed by atoms with E-state index < -0.39 is 5.60 Å². The number of nitrogens with one attached hydrogen (secondary N) is 1. The van der Waals surface area contributed by atoms with Crippen molar-refractivity contribution in [3.63, 3.8) is 0 Å². The molecule has 1 amide bonds. The maximum atomic E-state index is 12.4. The van der Waals surface area contributed by atoms with E-state index >= 15 is 0 Å². The molecule has 0 bridgehead atoms. The molecule has 1 unspecified atom stereocenters. The largest absolute Gasteiger partial charge is 0.454 e. The molecule has 2 aromatic rings.